The normalized spacial score (nSPS) is 12.1. The predicted molar refractivity (Wildman–Crippen MR) is 88.9 cm³/mol. The summed E-state index contributed by atoms with van der Waals surface area (Å²) in [6.07, 6.45) is 2.13. The van der Waals surface area contributed by atoms with Crippen molar-refractivity contribution in [1.29, 1.82) is 0 Å². The van der Waals surface area contributed by atoms with Crippen LogP contribution in [0, 0.1) is 0 Å². The molecule has 1 atom stereocenters. The van der Waals surface area contributed by atoms with Gasteiger partial charge in [0.15, 0.2) is 0 Å². The van der Waals surface area contributed by atoms with Gasteiger partial charge in [-0.1, -0.05) is 50.2 Å². The summed E-state index contributed by atoms with van der Waals surface area (Å²) < 4.78 is 5.91. The standard InChI is InChI=1S/C19H25NO/c1-4-15-6-10-17(11-7-15)19(20-3)14-21-18-12-8-16(5-2)9-13-18/h6-13,19-20H,4-5,14H2,1-3H3. The first-order chi connectivity index (χ1) is 10.3. The highest BCUT2D eigenvalue weighted by Crippen LogP contribution is 2.18. The van der Waals surface area contributed by atoms with E-state index in [1.165, 1.54) is 16.7 Å². The van der Waals surface area contributed by atoms with Gasteiger partial charge in [0.05, 0.1) is 6.04 Å². The average Bonchev–Trinajstić information content (AvgIpc) is 2.56. The minimum absolute atomic E-state index is 0.210. The molecule has 0 aromatic heterocycles. The van der Waals surface area contributed by atoms with E-state index >= 15 is 0 Å². The molecule has 0 saturated carbocycles. The van der Waals surface area contributed by atoms with E-state index in [2.05, 4.69) is 55.6 Å². The third kappa shape index (κ3) is 4.33. The molecule has 0 aliphatic heterocycles. The summed E-state index contributed by atoms with van der Waals surface area (Å²) in [7, 11) is 1.97. The van der Waals surface area contributed by atoms with Crippen LogP contribution in [0.25, 0.3) is 0 Å². The molecule has 0 saturated heterocycles. The lowest BCUT2D eigenvalue weighted by Gasteiger charge is -2.18. The lowest BCUT2D eigenvalue weighted by molar-refractivity contribution is 0.273. The third-order valence-corrected chi connectivity index (χ3v) is 3.89. The molecule has 2 rings (SSSR count). The SMILES string of the molecule is CCc1ccc(OCC(NC)c2ccc(CC)cc2)cc1. The maximum atomic E-state index is 5.91. The fourth-order valence-corrected chi connectivity index (χ4v) is 2.33. The van der Waals surface area contributed by atoms with Crippen molar-refractivity contribution in [2.45, 2.75) is 32.7 Å². The average molecular weight is 283 g/mol. The number of aryl methyl sites for hydroxylation is 2. The molecule has 0 spiro atoms. The molecule has 2 aromatic rings. The lowest BCUT2D eigenvalue weighted by Crippen LogP contribution is -2.23. The molecule has 0 amide bonds. The van der Waals surface area contributed by atoms with Crippen molar-refractivity contribution >= 4 is 0 Å². The molecule has 0 bridgehead atoms. The summed E-state index contributed by atoms with van der Waals surface area (Å²) in [5.41, 5.74) is 3.97. The highest BCUT2D eigenvalue weighted by atomic mass is 16.5. The maximum absolute atomic E-state index is 5.91. The smallest absolute Gasteiger partial charge is 0.119 e. The Morgan fingerprint density at radius 1 is 0.857 bits per heavy atom. The van der Waals surface area contributed by atoms with Gasteiger partial charge >= 0.3 is 0 Å². The van der Waals surface area contributed by atoms with Crippen molar-refractivity contribution in [2.24, 2.45) is 0 Å². The first-order valence-corrected chi connectivity index (χ1v) is 7.74. The zero-order valence-corrected chi connectivity index (χ0v) is 13.2. The Labute approximate surface area is 128 Å². The van der Waals surface area contributed by atoms with Crippen LogP contribution in [0.3, 0.4) is 0 Å². The Balaban J connectivity index is 1.97. The van der Waals surface area contributed by atoms with Gasteiger partial charge in [-0.2, -0.15) is 0 Å². The van der Waals surface area contributed by atoms with Gasteiger partial charge in [-0.05, 0) is 48.7 Å². The first kappa shape index (κ1) is 15.6. The summed E-state index contributed by atoms with van der Waals surface area (Å²) in [5.74, 6) is 0.928. The predicted octanol–water partition coefficient (Wildman–Crippen LogP) is 4.15. The minimum Gasteiger partial charge on any atom is -0.492 e. The van der Waals surface area contributed by atoms with E-state index in [0.717, 1.165) is 18.6 Å². The Morgan fingerprint density at radius 2 is 1.38 bits per heavy atom. The van der Waals surface area contributed by atoms with Crippen molar-refractivity contribution in [1.82, 2.24) is 5.32 Å². The van der Waals surface area contributed by atoms with Crippen molar-refractivity contribution in [2.75, 3.05) is 13.7 Å². The molecule has 1 unspecified atom stereocenters. The molecule has 0 aliphatic rings. The second kappa shape index (κ2) is 7.84. The monoisotopic (exact) mass is 283 g/mol. The van der Waals surface area contributed by atoms with Crippen LogP contribution in [0.4, 0.5) is 0 Å². The Bertz CT molecular complexity index is 530. The van der Waals surface area contributed by atoms with Crippen LogP contribution in [0.2, 0.25) is 0 Å². The Hall–Kier alpha value is -1.80. The van der Waals surface area contributed by atoms with Crippen LogP contribution in [0.15, 0.2) is 48.5 Å². The summed E-state index contributed by atoms with van der Waals surface area (Å²) in [5, 5.41) is 3.32. The van der Waals surface area contributed by atoms with Crippen molar-refractivity contribution in [3.63, 3.8) is 0 Å². The van der Waals surface area contributed by atoms with E-state index < -0.39 is 0 Å². The molecular weight excluding hydrogens is 258 g/mol. The van der Waals surface area contributed by atoms with Gasteiger partial charge in [-0.25, -0.2) is 0 Å². The van der Waals surface area contributed by atoms with Gasteiger partial charge in [0.2, 0.25) is 0 Å². The molecule has 0 heterocycles. The molecule has 2 aromatic carbocycles. The quantitative estimate of drug-likeness (QED) is 0.824. The molecule has 0 radical (unpaired) electrons. The third-order valence-electron chi connectivity index (χ3n) is 3.89. The number of benzene rings is 2. The van der Waals surface area contributed by atoms with Gasteiger partial charge < -0.3 is 10.1 Å². The molecular formula is C19H25NO. The molecule has 112 valence electrons. The second-order valence-electron chi connectivity index (χ2n) is 5.24. The van der Waals surface area contributed by atoms with Gasteiger partial charge in [-0.15, -0.1) is 0 Å². The summed E-state index contributed by atoms with van der Waals surface area (Å²) in [6.45, 7) is 4.97. The first-order valence-electron chi connectivity index (χ1n) is 7.74. The van der Waals surface area contributed by atoms with E-state index in [9.17, 15) is 0 Å². The number of likely N-dealkylation sites (N-methyl/N-ethyl adjacent to an activating group) is 1. The molecule has 1 N–H and O–H groups in total. The fraction of sp³-hybridized carbons (Fsp3) is 0.368. The van der Waals surface area contributed by atoms with E-state index in [0.29, 0.717) is 6.61 Å². The van der Waals surface area contributed by atoms with Gasteiger partial charge in [0, 0.05) is 0 Å². The molecule has 0 fully saturated rings. The largest absolute Gasteiger partial charge is 0.492 e. The van der Waals surface area contributed by atoms with E-state index in [-0.39, 0.29) is 6.04 Å². The number of hydrogen-bond donors (Lipinski definition) is 1. The van der Waals surface area contributed by atoms with Crippen molar-refractivity contribution in [3.8, 4) is 5.75 Å². The van der Waals surface area contributed by atoms with Gasteiger partial charge in [0.1, 0.15) is 12.4 Å². The highest BCUT2D eigenvalue weighted by Gasteiger charge is 2.10. The zero-order valence-electron chi connectivity index (χ0n) is 13.2. The van der Waals surface area contributed by atoms with Crippen molar-refractivity contribution in [3.05, 3.63) is 65.2 Å². The van der Waals surface area contributed by atoms with E-state index in [1.807, 2.05) is 19.2 Å². The topological polar surface area (TPSA) is 21.3 Å². The van der Waals surface area contributed by atoms with Crippen LogP contribution in [-0.4, -0.2) is 13.7 Å². The van der Waals surface area contributed by atoms with E-state index in [4.69, 9.17) is 4.74 Å². The van der Waals surface area contributed by atoms with Crippen LogP contribution < -0.4 is 10.1 Å². The van der Waals surface area contributed by atoms with Gasteiger partial charge in [0.25, 0.3) is 0 Å². The van der Waals surface area contributed by atoms with Crippen molar-refractivity contribution < 1.29 is 4.74 Å². The molecule has 2 nitrogen and oxygen atoms in total. The maximum Gasteiger partial charge on any atom is 0.119 e. The number of ether oxygens (including phenoxy) is 1. The lowest BCUT2D eigenvalue weighted by atomic mass is 10.0. The number of hydrogen-bond acceptors (Lipinski definition) is 2. The van der Waals surface area contributed by atoms with Gasteiger partial charge in [-0.3, -0.25) is 0 Å². The zero-order chi connectivity index (χ0) is 15.1. The highest BCUT2D eigenvalue weighted by molar-refractivity contribution is 5.28. The van der Waals surface area contributed by atoms with Crippen LogP contribution in [0.5, 0.6) is 5.75 Å². The summed E-state index contributed by atoms with van der Waals surface area (Å²) in [6, 6.07) is 17.3. The van der Waals surface area contributed by atoms with E-state index in [1.54, 1.807) is 0 Å². The minimum atomic E-state index is 0.210. The summed E-state index contributed by atoms with van der Waals surface area (Å²) in [4.78, 5) is 0. The van der Waals surface area contributed by atoms with Crippen LogP contribution >= 0.6 is 0 Å². The van der Waals surface area contributed by atoms with Crippen LogP contribution in [-0.2, 0) is 12.8 Å². The molecule has 21 heavy (non-hydrogen) atoms. The fourth-order valence-electron chi connectivity index (χ4n) is 2.33. The second-order valence-corrected chi connectivity index (χ2v) is 5.24. The summed E-state index contributed by atoms with van der Waals surface area (Å²) >= 11 is 0. The number of nitrogens with one attached hydrogen (secondary N) is 1. The number of rotatable bonds is 7. The molecule has 2 heteroatoms. The Kier molecular flexibility index (Phi) is 5.82. The van der Waals surface area contributed by atoms with Crippen LogP contribution in [0.1, 0.15) is 36.6 Å². The Morgan fingerprint density at radius 3 is 1.86 bits per heavy atom. The molecule has 0 aliphatic carbocycles.